The lowest BCUT2D eigenvalue weighted by Crippen LogP contribution is -2.46. The Kier molecular flexibility index (Phi) is 8.43. The molecular weight excluding hydrogens is 450 g/mol. The zero-order valence-corrected chi connectivity index (χ0v) is 20.7. The van der Waals surface area contributed by atoms with Crippen LogP contribution in [0.2, 0.25) is 0 Å². The van der Waals surface area contributed by atoms with Gasteiger partial charge in [0.15, 0.2) is 0 Å². The van der Waals surface area contributed by atoms with Crippen LogP contribution in [0.15, 0.2) is 23.1 Å². The Bertz CT molecular complexity index is 928. The number of rotatable bonds is 9. The van der Waals surface area contributed by atoms with Crippen LogP contribution in [0.3, 0.4) is 0 Å². The van der Waals surface area contributed by atoms with E-state index in [9.17, 15) is 18.0 Å². The number of nitrogens with one attached hydrogen (secondary N) is 1. The van der Waals surface area contributed by atoms with Crippen LogP contribution in [0.25, 0.3) is 0 Å². The molecule has 2 amide bonds. The highest BCUT2D eigenvalue weighted by atomic mass is 32.2. The standard InChI is InChI=1S/C21H33N5O4S2/c1-4-23-9-11-24(12-10-23)19-8-7-17(32(29,30)26(5-2)6-3)15-18(19)22-20(27)16-25-13-14-31-21(25)28/h7-8,15H,4-6,9-14,16H2,1-3H3,(H,22,27). The Morgan fingerprint density at radius 2 is 1.78 bits per heavy atom. The molecule has 1 aromatic carbocycles. The summed E-state index contributed by atoms with van der Waals surface area (Å²) in [6.45, 7) is 11.4. The van der Waals surface area contributed by atoms with Gasteiger partial charge in [0.05, 0.1) is 16.3 Å². The highest BCUT2D eigenvalue weighted by Crippen LogP contribution is 2.31. The predicted molar refractivity (Wildman–Crippen MR) is 129 cm³/mol. The zero-order valence-electron chi connectivity index (χ0n) is 19.0. The molecule has 0 saturated carbocycles. The number of hydrogen-bond donors (Lipinski definition) is 1. The van der Waals surface area contributed by atoms with E-state index in [0.717, 1.165) is 38.4 Å². The lowest BCUT2D eigenvalue weighted by Gasteiger charge is -2.36. The lowest BCUT2D eigenvalue weighted by molar-refractivity contribution is -0.116. The number of anilines is 2. The van der Waals surface area contributed by atoms with E-state index in [4.69, 9.17) is 0 Å². The molecule has 11 heteroatoms. The monoisotopic (exact) mass is 483 g/mol. The molecule has 2 aliphatic rings. The van der Waals surface area contributed by atoms with Gasteiger partial charge in [-0.3, -0.25) is 9.59 Å². The molecule has 0 aliphatic carbocycles. The van der Waals surface area contributed by atoms with Gasteiger partial charge in [-0.25, -0.2) is 8.42 Å². The fourth-order valence-corrected chi connectivity index (χ4v) is 6.31. The molecular formula is C21H33N5O4S2. The maximum Gasteiger partial charge on any atom is 0.282 e. The van der Waals surface area contributed by atoms with Crippen molar-refractivity contribution in [1.29, 1.82) is 0 Å². The summed E-state index contributed by atoms with van der Waals surface area (Å²) < 4.78 is 27.5. The summed E-state index contributed by atoms with van der Waals surface area (Å²) in [7, 11) is -3.66. The average molecular weight is 484 g/mol. The average Bonchev–Trinajstić information content (AvgIpc) is 3.18. The minimum absolute atomic E-state index is 0.0398. The summed E-state index contributed by atoms with van der Waals surface area (Å²) in [4.78, 5) is 30.8. The number of amides is 2. The van der Waals surface area contributed by atoms with E-state index in [1.807, 2.05) is 0 Å². The number of likely N-dealkylation sites (N-methyl/N-ethyl adjacent to an activating group) is 1. The van der Waals surface area contributed by atoms with Gasteiger partial charge in [0, 0.05) is 51.6 Å². The molecule has 2 fully saturated rings. The van der Waals surface area contributed by atoms with Crippen LogP contribution in [-0.2, 0) is 14.8 Å². The largest absolute Gasteiger partial charge is 0.367 e. The Morgan fingerprint density at radius 1 is 1.09 bits per heavy atom. The SMILES string of the molecule is CCN1CCN(c2ccc(S(=O)(=O)N(CC)CC)cc2NC(=O)CN2CCSC2=O)CC1. The molecule has 0 bridgehead atoms. The third kappa shape index (κ3) is 5.56. The minimum Gasteiger partial charge on any atom is -0.367 e. The first kappa shape index (κ1) is 24.8. The maximum atomic E-state index is 13.1. The van der Waals surface area contributed by atoms with Gasteiger partial charge in [0.1, 0.15) is 6.54 Å². The highest BCUT2D eigenvalue weighted by molar-refractivity contribution is 8.13. The number of sulfonamides is 1. The molecule has 0 unspecified atom stereocenters. The van der Waals surface area contributed by atoms with Gasteiger partial charge < -0.3 is 20.0 Å². The number of nitrogens with zero attached hydrogens (tertiary/aromatic N) is 4. The van der Waals surface area contributed by atoms with Gasteiger partial charge in [0.2, 0.25) is 15.9 Å². The van der Waals surface area contributed by atoms with Gasteiger partial charge in [0.25, 0.3) is 5.24 Å². The molecule has 32 heavy (non-hydrogen) atoms. The van der Waals surface area contributed by atoms with Gasteiger partial charge in [-0.1, -0.05) is 32.5 Å². The number of piperazine rings is 1. The van der Waals surface area contributed by atoms with E-state index < -0.39 is 10.0 Å². The first-order valence-electron chi connectivity index (χ1n) is 11.1. The Balaban J connectivity index is 1.88. The molecule has 2 heterocycles. The summed E-state index contributed by atoms with van der Waals surface area (Å²) in [5.41, 5.74) is 1.27. The zero-order chi connectivity index (χ0) is 23.3. The van der Waals surface area contributed by atoms with Crippen molar-refractivity contribution in [3.63, 3.8) is 0 Å². The third-order valence-corrected chi connectivity index (χ3v) is 8.86. The van der Waals surface area contributed by atoms with Crippen molar-refractivity contribution in [2.24, 2.45) is 0 Å². The van der Waals surface area contributed by atoms with Crippen LogP contribution in [0.5, 0.6) is 0 Å². The van der Waals surface area contributed by atoms with Gasteiger partial charge in [-0.05, 0) is 24.7 Å². The molecule has 178 valence electrons. The molecule has 1 N–H and O–H groups in total. The number of carbonyl (C=O) groups is 2. The molecule has 0 aromatic heterocycles. The molecule has 0 radical (unpaired) electrons. The normalized spacial score (nSPS) is 17.9. The quantitative estimate of drug-likeness (QED) is 0.574. The molecule has 2 saturated heterocycles. The summed E-state index contributed by atoms with van der Waals surface area (Å²) in [5.74, 6) is 0.350. The van der Waals surface area contributed by atoms with Crippen molar-refractivity contribution < 1.29 is 18.0 Å². The minimum atomic E-state index is -3.66. The van der Waals surface area contributed by atoms with Gasteiger partial charge >= 0.3 is 0 Å². The second kappa shape index (κ2) is 10.9. The molecule has 2 aliphatic heterocycles. The fourth-order valence-electron chi connectivity index (χ4n) is 4.00. The van der Waals surface area contributed by atoms with Gasteiger partial charge in [-0.2, -0.15) is 4.31 Å². The number of carbonyl (C=O) groups excluding carboxylic acids is 2. The van der Waals surface area contributed by atoms with Crippen LogP contribution >= 0.6 is 11.8 Å². The van der Waals surface area contributed by atoms with Crippen LogP contribution in [0.1, 0.15) is 20.8 Å². The van der Waals surface area contributed by atoms with Crippen LogP contribution in [0.4, 0.5) is 16.2 Å². The van der Waals surface area contributed by atoms with E-state index in [0.29, 0.717) is 31.1 Å². The predicted octanol–water partition coefficient (Wildman–Crippen LogP) is 1.97. The van der Waals surface area contributed by atoms with Crippen molar-refractivity contribution in [2.75, 3.05) is 74.9 Å². The first-order valence-corrected chi connectivity index (χ1v) is 13.6. The second-order valence-electron chi connectivity index (χ2n) is 7.77. The molecule has 0 atom stereocenters. The highest BCUT2D eigenvalue weighted by Gasteiger charge is 2.27. The number of hydrogen-bond acceptors (Lipinski definition) is 7. The topological polar surface area (TPSA) is 93.3 Å². The Morgan fingerprint density at radius 3 is 2.34 bits per heavy atom. The third-order valence-electron chi connectivity index (χ3n) is 5.92. The fraction of sp³-hybridized carbons (Fsp3) is 0.619. The molecule has 1 aromatic rings. The lowest BCUT2D eigenvalue weighted by atomic mass is 10.2. The smallest absolute Gasteiger partial charge is 0.282 e. The summed E-state index contributed by atoms with van der Waals surface area (Å²) in [6, 6.07) is 4.95. The van der Waals surface area contributed by atoms with E-state index in [2.05, 4.69) is 22.0 Å². The van der Waals surface area contributed by atoms with Crippen molar-refractivity contribution in [1.82, 2.24) is 14.1 Å². The Labute approximate surface area is 195 Å². The van der Waals surface area contributed by atoms with Crippen molar-refractivity contribution in [2.45, 2.75) is 25.7 Å². The second-order valence-corrected chi connectivity index (χ2v) is 10.8. The van der Waals surface area contributed by atoms with Gasteiger partial charge in [-0.15, -0.1) is 0 Å². The van der Waals surface area contributed by atoms with E-state index >= 15 is 0 Å². The molecule has 3 rings (SSSR count). The maximum absolute atomic E-state index is 13.1. The summed E-state index contributed by atoms with van der Waals surface area (Å²) >= 11 is 1.21. The van der Waals surface area contributed by atoms with E-state index in [1.165, 1.54) is 21.0 Å². The van der Waals surface area contributed by atoms with E-state index in [-0.39, 0.29) is 22.6 Å². The van der Waals surface area contributed by atoms with Crippen LogP contribution < -0.4 is 10.2 Å². The van der Waals surface area contributed by atoms with Crippen LogP contribution in [-0.4, -0.2) is 98.3 Å². The first-order chi connectivity index (χ1) is 15.3. The number of benzene rings is 1. The van der Waals surface area contributed by atoms with Crippen LogP contribution in [0, 0.1) is 0 Å². The Hall–Kier alpha value is -1.82. The number of thioether (sulfide) groups is 1. The van der Waals surface area contributed by atoms with Crippen molar-refractivity contribution in [3.8, 4) is 0 Å². The van der Waals surface area contributed by atoms with E-state index in [1.54, 1.807) is 32.0 Å². The van der Waals surface area contributed by atoms with Crippen molar-refractivity contribution >= 4 is 44.3 Å². The van der Waals surface area contributed by atoms with Crippen molar-refractivity contribution in [3.05, 3.63) is 18.2 Å². The molecule has 0 spiro atoms. The summed E-state index contributed by atoms with van der Waals surface area (Å²) in [5, 5.41) is 2.78. The molecule has 9 nitrogen and oxygen atoms in total. The summed E-state index contributed by atoms with van der Waals surface area (Å²) in [6.07, 6.45) is 0.